The van der Waals surface area contributed by atoms with E-state index in [1.807, 2.05) is 0 Å². The molecule has 0 saturated heterocycles. The number of hydrogen-bond donors (Lipinski definition) is 4. The fourth-order valence-corrected chi connectivity index (χ4v) is 0.783. The zero-order valence-electron chi connectivity index (χ0n) is 7.94. The van der Waals surface area contributed by atoms with E-state index < -0.39 is 5.60 Å². The number of rotatable bonds is 4. The summed E-state index contributed by atoms with van der Waals surface area (Å²) >= 11 is 0. The lowest BCUT2D eigenvalue weighted by atomic mass is 10.1. The maximum absolute atomic E-state index is 9.45. The summed E-state index contributed by atoms with van der Waals surface area (Å²) in [5, 5.41) is 21.0. The van der Waals surface area contributed by atoms with E-state index in [1.165, 1.54) is 13.1 Å². The molecule has 6 heteroatoms. The first kappa shape index (κ1) is 10.7. The van der Waals surface area contributed by atoms with Crippen LogP contribution in [0.25, 0.3) is 0 Å². The zero-order valence-corrected chi connectivity index (χ0v) is 7.94. The second kappa shape index (κ2) is 4.21. The van der Waals surface area contributed by atoms with E-state index in [-0.39, 0.29) is 13.2 Å². The molecule has 0 aliphatic rings. The predicted octanol–water partition coefficient (Wildman–Crippen LogP) is -0.786. The summed E-state index contributed by atoms with van der Waals surface area (Å²) in [7, 11) is 0. The van der Waals surface area contributed by atoms with E-state index in [1.54, 1.807) is 6.07 Å². The standard InChI is InChI=1S/C8H14N4O2/c1-8(14,5-13)4-11-7-10-3-2-6(9)12-7/h2-3,13-14H,4-5H2,1H3,(H3,9,10,11,12). The van der Waals surface area contributed by atoms with Crippen LogP contribution in [0.4, 0.5) is 11.8 Å². The number of anilines is 2. The van der Waals surface area contributed by atoms with Crippen molar-refractivity contribution in [1.82, 2.24) is 9.97 Å². The topological polar surface area (TPSA) is 104 Å². The zero-order chi connectivity index (χ0) is 10.6. The Morgan fingerprint density at radius 3 is 2.93 bits per heavy atom. The summed E-state index contributed by atoms with van der Waals surface area (Å²) in [5.74, 6) is 0.685. The molecule has 78 valence electrons. The van der Waals surface area contributed by atoms with E-state index in [0.717, 1.165) is 0 Å². The van der Waals surface area contributed by atoms with Crippen LogP contribution in [0.1, 0.15) is 6.92 Å². The van der Waals surface area contributed by atoms with Crippen LogP contribution in [0.15, 0.2) is 12.3 Å². The highest BCUT2D eigenvalue weighted by molar-refractivity contribution is 5.35. The van der Waals surface area contributed by atoms with Gasteiger partial charge in [-0.2, -0.15) is 4.98 Å². The first-order valence-electron chi connectivity index (χ1n) is 4.19. The average molecular weight is 198 g/mol. The predicted molar refractivity (Wildman–Crippen MR) is 52.6 cm³/mol. The molecule has 0 amide bonds. The van der Waals surface area contributed by atoms with E-state index in [0.29, 0.717) is 11.8 Å². The lowest BCUT2D eigenvalue weighted by Gasteiger charge is -2.20. The molecule has 0 saturated carbocycles. The van der Waals surface area contributed by atoms with Gasteiger partial charge in [-0.05, 0) is 13.0 Å². The Morgan fingerprint density at radius 1 is 1.64 bits per heavy atom. The lowest BCUT2D eigenvalue weighted by molar-refractivity contribution is 0.0131. The third kappa shape index (κ3) is 3.15. The summed E-state index contributed by atoms with van der Waals surface area (Å²) in [5.41, 5.74) is 4.24. The normalized spacial score (nSPS) is 14.8. The monoisotopic (exact) mass is 198 g/mol. The van der Waals surface area contributed by atoms with Crippen LogP contribution in [0.5, 0.6) is 0 Å². The van der Waals surface area contributed by atoms with E-state index in [4.69, 9.17) is 10.8 Å². The smallest absolute Gasteiger partial charge is 0.224 e. The minimum Gasteiger partial charge on any atom is -0.393 e. The summed E-state index contributed by atoms with van der Waals surface area (Å²) < 4.78 is 0. The molecule has 1 aromatic heterocycles. The Kier molecular flexibility index (Phi) is 3.21. The van der Waals surface area contributed by atoms with Crippen LogP contribution >= 0.6 is 0 Å². The second-order valence-electron chi connectivity index (χ2n) is 3.31. The average Bonchev–Trinajstić information content (AvgIpc) is 2.15. The SMILES string of the molecule is CC(O)(CO)CNc1nccc(N)n1. The summed E-state index contributed by atoms with van der Waals surface area (Å²) in [6.45, 7) is 1.33. The van der Waals surface area contributed by atoms with Crippen molar-refractivity contribution in [3.63, 3.8) is 0 Å². The summed E-state index contributed by atoms with van der Waals surface area (Å²) in [4.78, 5) is 7.76. The van der Waals surface area contributed by atoms with Crippen LogP contribution in [0.3, 0.4) is 0 Å². The van der Waals surface area contributed by atoms with Crippen molar-refractivity contribution >= 4 is 11.8 Å². The molecule has 1 unspecified atom stereocenters. The summed E-state index contributed by atoms with van der Waals surface area (Å²) in [6, 6.07) is 1.56. The van der Waals surface area contributed by atoms with Gasteiger partial charge in [-0.15, -0.1) is 0 Å². The Morgan fingerprint density at radius 2 is 2.36 bits per heavy atom. The number of nitrogen functional groups attached to an aromatic ring is 1. The van der Waals surface area contributed by atoms with Crippen LogP contribution in [-0.2, 0) is 0 Å². The van der Waals surface area contributed by atoms with Gasteiger partial charge < -0.3 is 21.3 Å². The van der Waals surface area contributed by atoms with Gasteiger partial charge in [0, 0.05) is 12.7 Å². The number of aliphatic hydroxyl groups excluding tert-OH is 1. The lowest BCUT2D eigenvalue weighted by Crippen LogP contribution is -2.37. The Bertz CT molecular complexity index is 303. The van der Waals surface area contributed by atoms with Gasteiger partial charge in [0.1, 0.15) is 11.4 Å². The molecule has 0 aliphatic heterocycles. The third-order valence-electron chi connectivity index (χ3n) is 1.65. The van der Waals surface area contributed by atoms with Crippen molar-refractivity contribution in [3.8, 4) is 0 Å². The first-order valence-corrected chi connectivity index (χ1v) is 4.19. The highest BCUT2D eigenvalue weighted by Crippen LogP contribution is 2.05. The molecule has 1 aromatic rings. The van der Waals surface area contributed by atoms with Gasteiger partial charge in [0.05, 0.1) is 6.61 Å². The van der Waals surface area contributed by atoms with Gasteiger partial charge in [-0.25, -0.2) is 4.98 Å². The van der Waals surface area contributed by atoms with E-state index >= 15 is 0 Å². The maximum atomic E-state index is 9.45. The molecule has 0 aromatic carbocycles. The molecular formula is C8H14N4O2. The van der Waals surface area contributed by atoms with Gasteiger partial charge in [0.2, 0.25) is 5.95 Å². The van der Waals surface area contributed by atoms with Gasteiger partial charge in [0.25, 0.3) is 0 Å². The van der Waals surface area contributed by atoms with E-state index in [2.05, 4.69) is 15.3 Å². The molecule has 0 bridgehead atoms. The number of aromatic nitrogens is 2. The number of nitrogens with two attached hydrogens (primary N) is 1. The molecule has 0 radical (unpaired) electrons. The minimum absolute atomic E-state index is 0.160. The minimum atomic E-state index is -1.19. The maximum Gasteiger partial charge on any atom is 0.224 e. The number of nitrogens with one attached hydrogen (secondary N) is 1. The van der Waals surface area contributed by atoms with Crippen molar-refractivity contribution < 1.29 is 10.2 Å². The highest BCUT2D eigenvalue weighted by atomic mass is 16.3. The van der Waals surface area contributed by atoms with Crippen LogP contribution in [-0.4, -0.2) is 38.9 Å². The molecule has 0 spiro atoms. The molecule has 0 fully saturated rings. The van der Waals surface area contributed by atoms with Crippen molar-refractivity contribution in [2.45, 2.75) is 12.5 Å². The fourth-order valence-electron chi connectivity index (χ4n) is 0.783. The van der Waals surface area contributed by atoms with Crippen molar-refractivity contribution in [1.29, 1.82) is 0 Å². The largest absolute Gasteiger partial charge is 0.393 e. The Labute approximate surface area is 81.8 Å². The molecular weight excluding hydrogens is 184 g/mol. The molecule has 1 atom stereocenters. The van der Waals surface area contributed by atoms with Crippen LogP contribution in [0, 0.1) is 0 Å². The fraction of sp³-hybridized carbons (Fsp3) is 0.500. The molecule has 14 heavy (non-hydrogen) atoms. The molecule has 1 rings (SSSR count). The highest BCUT2D eigenvalue weighted by Gasteiger charge is 2.18. The summed E-state index contributed by atoms with van der Waals surface area (Å²) in [6.07, 6.45) is 1.51. The number of aliphatic hydroxyl groups is 2. The van der Waals surface area contributed by atoms with Gasteiger partial charge in [-0.3, -0.25) is 0 Å². The van der Waals surface area contributed by atoms with Crippen molar-refractivity contribution in [2.75, 3.05) is 24.2 Å². The third-order valence-corrected chi connectivity index (χ3v) is 1.65. The van der Waals surface area contributed by atoms with E-state index in [9.17, 15) is 5.11 Å². The number of hydrogen-bond acceptors (Lipinski definition) is 6. The first-order chi connectivity index (χ1) is 6.53. The molecule has 1 heterocycles. The van der Waals surface area contributed by atoms with Crippen LogP contribution < -0.4 is 11.1 Å². The second-order valence-corrected chi connectivity index (χ2v) is 3.31. The van der Waals surface area contributed by atoms with Gasteiger partial charge >= 0.3 is 0 Å². The Hall–Kier alpha value is -1.40. The molecule has 6 nitrogen and oxygen atoms in total. The van der Waals surface area contributed by atoms with Crippen LogP contribution in [0.2, 0.25) is 0 Å². The van der Waals surface area contributed by atoms with Gasteiger partial charge in [-0.1, -0.05) is 0 Å². The van der Waals surface area contributed by atoms with Crippen molar-refractivity contribution in [3.05, 3.63) is 12.3 Å². The van der Waals surface area contributed by atoms with Gasteiger partial charge in [0.15, 0.2) is 0 Å². The van der Waals surface area contributed by atoms with Crippen molar-refractivity contribution in [2.24, 2.45) is 0 Å². The Balaban J connectivity index is 2.54. The molecule has 0 aliphatic carbocycles. The quantitative estimate of drug-likeness (QED) is 0.505. The number of nitrogens with zero attached hydrogens (tertiary/aromatic N) is 2. The molecule has 5 N–H and O–H groups in total.